The summed E-state index contributed by atoms with van der Waals surface area (Å²) in [6.45, 7) is 1.05. The predicted molar refractivity (Wildman–Crippen MR) is 70.7 cm³/mol. The summed E-state index contributed by atoms with van der Waals surface area (Å²) >= 11 is 0. The summed E-state index contributed by atoms with van der Waals surface area (Å²) in [5.41, 5.74) is 2.46. The maximum Gasteiger partial charge on any atom is 0.255 e. The molecule has 0 atom stereocenters. The van der Waals surface area contributed by atoms with Gasteiger partial charge in [-0.3, -0.25) is 4.79 Å². The van der Waals surface area contributed by atoms with Gasteiger partial charge in [0, 0.05) is 19.3 Å². The lowest BCUT2D eigenvalue weighted by Crippen LogP contribution is -2.36. The summed E-state index contributed by atoms with van der Waals surface area (Å²) < 4.78 is 12.8. The van der Waals surface area contributed by atoms with E-state index in [9.17, 15) is 14.3 Å². The summed E-state index contributed by atoms with van der Waals surface area (Å²) in [6.07, 6.45) is 1.99. The fourth-order valence-electron chi connectivity index (χ4n) is 2.40. The standard InChI is InChI=1S/C15H13FN2O2/c16-14-4-2-11(8-17-14)15(20)18-6-5-10-1-3-13(19)7-12(10)9-18/h1-4,7-8,19H,5-6,9H2. The van der Waals surface area contributed by atoms with E-state index in [1.54, 1.807) is 17.0 Å². The van der Waals surface area contributed by atoms with Crippen LogP contribution in [0.15, 0.2) is 36.5 Å². The molecule has 5 heteroatoms. The Morgan fingerprint density at radius 2 is 2.10 bits per heavy atom. The van der Waals surface area contributed by atoms with E-state index in [0.29, 0.717) is 18.7 Å². The fourth-order valence-corrected chi connectivity index (χ4v) is 2.40. The topological polar surface area (TPSA) is 53.4 Å². The van der Waals surface area contributed by atoms with Gasteiger partial charge < -0.3 is 10.0 Å². The van der Waals surface area contributed by atoms with E-state index in [1.165, 1.54) is 18.3 Å². The Balaban J connectivity index is 1.82. The first-order valence-electron chi connectivity index (χ1n) is 6.35. The second-order valence-corrected chi connectivity index (χ2v) is 4.80. The summed E-state index contributed by atoms with van der Waals surface area (Å²) in [4.78, 5) is 17.5. The molecule has 1 amide bonds. The fraction of sp³-hybridized carbons (Fsp3) is 0.200. The van der Waals surface area contributed by atoms with E-state index in [1.807, 2.05) is 6.07 Å². The molecule has 1 aromatic carbocycles. The molecule has 0 bridgehead atoms. The van der Waals surface area contributed by atoms with Gasteiger partial charge in [0.15, 0.2) is 0 Å². The number of carbonyl (C=O) groups is 1. The van der Waals surface area contributed by atoms with Crippen molar-refractivity contribution in [2.24, 2.45) is 0 Å². The molecule has 4 nitrogen and oxygen atoms in total. The third kappa shape index (κ3) is 2.34. The molecule has 2 aromatic rings. The third-order valence-corrected chi connectivity index (χ3v) is 3.46. The lowest BCUT2D eigenvalue weighted by Gasteiger charge is -2.29. The minimum absolute atomic E-state index is 0.175. The van der Waals surface area contributed by atoms with Crippen molar-refractivity contribution in [2.75, 3.05) is 6.54 Å². The number of aromatic hydroxyl groups is 1. The first kappa shape index (κ1) is 12.6. The number of hydrogen-bond acceptors (Lipinski definition) is 3. The summed E-state index contributed by atoms with van der Waals surface area (Å²) in [7, 11) is 0. The van der Waals surface area contributed by atoms with Gasteiger partial charge in [0.25, 0.3) is 5.91 Å². The minimum atomic E-state index is -0.601. The summed E-state index contributed by atoms with van der Waals surface area (Å²) in [5.74, 6) is -0.580. The zero-order chi connectivity index (χ0) is 14.1. The first-order valence-corrected chi connectivity index (χ1v) is 6.35. The highest BCUT2D eigenvalue weighted by Gasteiger charge is 2.22. The van der Waals surface area contributed by atoms with Gasteiger partial charge >= 0.3 is 0 Å². The highest BCUT2D eigenvalue weighted by atomic mass is 19.1. The molecule has 1 aliphatic rings. The Kier molecular flexibility index (Phi) is 3.10. The number of hydrogen-bond donors (Lipinski definition) is 1. The van der Waals surface area contributed by atoms with Gasteiger partial charge in [0.2, 0.25) is 5.95 Å². The van der Waals surface area contributed by atoms with Crippen LogP contribution in [0.5, 0.6) is 5.75 Å². The number of carbonyl (C=O) groups excluding carboxylic acids is 1. The summed E-state index contributed by atoms with van der Waals surface area (Å²) in [5, 5.41) is 9.51. The molecule has 2 heterocycles. The summed E-state index contributed by atoms with van der Waals surface area (Å²) in [6, 6.07) is 7.82. The molecule has 0 saturated carbocycles. The molecule has 0 radical (unpaired) electrons. The largest absolute Gasteiger partial charge is 0.508 e. The van der Waals surface area contributed by atoms with Gasteiger partial charge in [-0.05, 0) is 41.8 Å². The van der Waals surface area contributed by atoms with Crippen LogP contribution in [-0.4, -0.2) is 27.4 Å². The number of amides is 1. The zero-order valence-corrected chi connectivity index (χ0v) is 10.7. The van der Waals surface area contributed by atoms with Crippen LogP contribution >= 0.6 is 0 Å². The van der Waals surface area contributed by atoms with Crippen LogP contribution in [0, 0.1) is 5.95 Å². The van der Waals surface area contributed by atoms with Gasteiger partial charge in [0.1, 0.15) is 5.75 Å². The highest BCUT2D eigenvalue weighted by molar-refractivity contribution is 5.94. The van der Waals surface area contributed by atoms with Crippen LogP contribution in [0.2, 0.25) is 0 Å². The predicted octanol–water partition coefficient (Wildman–Crippen LogP) is 2.12. The number of halogens is 1. The molecular formula is C15H13FN2O2. The van der Waals surface area contributed by atoms with Gasteiger partial charge in [-0.2, -0.15) is 4.39 Å². The number of fused-ring (bicyclic) bond motifs is 1. The molecule has 20 heavy (non-hydrogen) atoms. The number of phenolic OH excluding ortho intramolecular Hbond substituents is 1. The van der Waals surface area contributed by atoms with E-state index in [0.717, 1.165) is 17.5 Å². The smallest absolute Gasteiger partial charge is 0.255 e. The van der Waals surface area contributed by atoms with Crippen molar-refractivity contribution >= 4 is 5.91 Å². The molecule has 3 rings (SSSR count). The number of pyridine rings is 1. The van der Waals surface area contributed by atoms with Crippen molar-refractivity contribution in [3.63, 3.8) is 0 Å². The minimum Gasteiger partial charge on any atom is -0.508 e. The van der Waals surface area contributed by atoms with Crippen LogP contribution in [0.1, 0.15) is 21.5 Å². The van der Waals surface area contributed by atoms with Crippen molar-refractivity contribution in [3.05, 3.63) is 59.2 Å². The van der Waals surface area contributed by atoms with Gasteiger partial charge in [0.05, 0.1) is 5.56 Å². The van der Waals surface area contributed by atoms with Gasteiger partial charge in [-0.15, -0.1) is 0 Å². The van der Waals surface area contributed by atoms with Crippen molar-refractivity contribution in [1.29, 1.82) is 0 Å². The van der Waals surface area contributed by atoms with E-state index in [2.05, 4.69) is 4.98 Å². The molecule has 0 fully saturated rings. The number of benzene rings is 1. The molecule has 0 saturated heterocycles. The zero-order valence-electron chi connectivity index (χ0n) is 10.7. The van der Waals surface area contributed by atoms with Gasteiger partial charge in [-0.25, -0.2) is 4.98 Å². The van der Waals surface area contributed by atoms with Crippen molar-refractivity contribution in [2.45, 2.75) is 13.0 Å². The molecule has 0 spiro atoms. The average molecular weight is 272 g/mol. The highest BCUT2D eigenvalue weighted by Crippen LogP contribution is 2.24. The molecule has 1 aliphatic heterocycles. The molecule has 0 aliphatic carbocycles. The van der Waals surface area contributed by atoms with Gasteiger partial charge in [-0.1, -0.05) is 6.07 Å². The van der Waals surface area contributed by atoms with Crippen molar-refractivity contribution in [3.8, 4) is 5.75 Å². The second-order valence-electron chi connectivity index (χ2n) is 4.80. The Bertz CT molecular complexity index is 655. The molecular weight excluding hydrogens is 259 g/mol. The number of rotatable bonds is 1. The maximum absolute atomic E-state index is 12.8. The number of nitrogens with zero attached hydrogens (tertiary/aromatic N) is 2. The first-order chi connectivity index (χ1) is 9.63. The average Bonchev–Trinajstić information content (AvgIpc) is 2.46. The van der Waals surface area contributed by atoms with E-state index >= 15 is 0 Å². The lowest BCUT2D eigenvalue weighted by molar-refractivity contribution is 0.0734. The van der Waals surface area contributed by atoms with E-state index in [-0.39, 0.29) is 11.7 Å². The maximum atomic E-state index is 12.8. The quantitative estimate of drug-likeness (QED) is 0.809. The molecule has 102 valence electrons. The van der Waals surface area contributed by atoms with Crippen molar-refractivity contribution < 1.29 is 14.3 Å². The van der Waals surface area contributed by atoms with Crippen LogP contribution in [0.3, 0.4) is 0 Å². The van der Waals surface area contributed by atoms with E-state index in [4.69, 9.17) is 0 Å². The molecule has 1 N–H and O–H groups in total. The Morgan fingerprint density at radius 1 is 1.25 bits per heavy atom. The van der Waals surface area contributed by atoms with Crippen LogP contribution in [0.25, 0.3) is 0 Å². The Morgan fingerprint density at radius 3 is 2.85 bits per heavy atom. The Labute approximate surface area is 115 Å². The SMILES string of the molecule is O=C(c1ccc(F)nc1)N1CCc2ccc(O)cc2C1. The number of phenols is 1. The number of aromatic nitrogens is 1. The van der Waals surface area contributed by atoms with Crippen LogP contribution in [-0.2, 0) is 13.0 Å². The van der Waals surface area contributed by atoms with Crippen LogP contribution < -0.4 is 0 Å². The van der Waals surface area contributed by atoms with E-state index < -0.39 is 5.95 Å². The Hall–Kier alpha value is -2.43. The van der Waals surface area contributed by atoms with Crippen LogP contribution in [0.4, 0.5) is 4.39 Å². The monoisotopic (exact) mass is 272 g/mol. The van der Waals surface area contributed by atoms with Crippen molar-refractivity contribution in [1.82, 2.24) is 9.88 Å². The normalized spacial score (nSPS) is 13.9. The molecule has 0 unspecified atom stereocenters. The molecule has 1 aromatic heterocycles. The second kappa shape index (κ2) is 4.92. The third-order valence-electron chi connectivity index (χ3n) is 3.46. The lowest BCUT2D eigenvalue weighted by atomic mass is 9.99.